The molecular formula is C18H36O5Si. The fraction of sp³-hybridized carbons (Fsp3) is 0.889. The van der Waals surface area contributed by atoms with Crippen molar-refractivity contribution in [2.75, 3.05) is 6.61 Å². The summed E-state index contributed by atoms with van der Waals surface area (Å²) in [5.74, 6) is -1.25. The summed E-state index contributed by atoms with van der Waals surface area (Å²) >= 11 is 0. The van der Waals surface area contributed by atoms with Crippen molar-refractivity contribution in [1.82, 2.24) is 0 Å². The van der Waals surface area contributed by atoms with E-state index in [9.17, 15) is 14.7 Å². The predicted octanol–water partition coefficient (Wildman–Crippen LogP) is 4.19. The standard InChI is InChI=1S/C18H36O5Si/c1-8-9-10-11-22-17(20)12-16(19)18(21)23-24(13(2)3,14(4)5)15(6)7/h13-16,19H,8-12H2,1-7H3. The van der Waals surface area contributed by atoms with Crippen LogP contribution >= 0.6 is 0 Å². The zero-order valence-corrected chi connectivity index (χ0v) is 17.4. The van der Waals surface area contributed by atoms with Gasteiger partial charge >= 0.3 is 11.9 Å². The second-order valence-corrected chi connectivity index (χ2v) is 12.8. The number of hydrogen-bond acceptors (Lipinski definition) is 5. The number of carbonyl (C=O) groups excluding carboxylic acids is 2. The summed E-state index contributed by atoms with van der Waals surface area (Å²) < 4.78 is 10.9. The first-order valence-electron chi connectivity index (χ1n) is 9.16. The summed E-state index contributed by atoms with van der Waals surface area (Å²) in [6.07, 6.45) is 1.03. The van der Waals surface area contributed by atoms with Crippen molar-refractivity contribution in [3.05, 3.63) is 0 Å². The molecular weight excluding hydrogens is 324 g/mol. The van der Waals surface area contributed by atoms with E-state index in [1.54, 1.807) is 0 Å². The fourth-order valence-electron chi connectivity index (χ4n) is 3.43. The van der Waals surface area contributed by atoms with Gasteiger partial charge in [0.2, 0.25) is 0 Å². The van der Waals surface area contributed by atoms with Crippen molar-refractivity contribution in [2.24, 2.45) is 0 Å². The highest BCUT2D eigenvalue weighted by atomic mass is 28.4. The molecule has 1 atom stereocenters. The van der Waals surface area contributed by atoms with E-state index in [0.717, 1.165) is 19.3 Å². The predicted molar refractivity (Wildman–Crippen MR) is 98.2 cm³/mol. The lowest BCUT2D eigenvalue weighted by Gasteiger charge is -2.41. The Hall–Kier alpha value is -0.883. The molecule has 0 spiro atoms. The van der Waals surface area contributed by atoms with Gasteiger partial charge in [-0.3, -0.25) is 9.59 Å². The maximum atomic E-state index is 12.3. The highest BCUT2D eigenvalue weighted by Crippen LogP contribution is 2.42. The third-order valence-electron chi connectivity index (χ3n) is 4.63. The molecule has 1 unspecified atom stereocenters. The minimum Gasteiger partial charge on any atom is -0.516 e. The summed E-state index contributed by atoms with van der Waals surface area (Å²) in [6, 6.07) is 0. The van der Waals surface area contributed by atoms with Gasteiger partial charge in [-0.15, -0.1) is 0 Å². The second-order valence-electron chi connectivity index (χ2n) is 7.39. The lowest BCUT2D eigenvalue weighted by atomic mass is 10.2. The molecule has 0 aliphatic carbocycles. The van der Waals surface area contributed by atoms with Gasteiger partial charge in [0, 0.05) is 0 Å². The maximum Gasteiger partial charge on any atom is 0.322 e. The molecule has 142 valence electrons. The molecule has 0 aliphatic heterocycles. The van der Waals surface area contributed by atoms with Gasteiger partial charge in [0.15, 0.2) is 6.10 Å². The number of esters is 1. The molecule has 0 heterocycles. The first-order valence-corrected chi connectivity index (χ1v) is 11.3. The average molecular weight is 361 g/mol. The lowest BCUT2D eigenvalue weighted by molar-refractivity contribution is -0.155. The van der Waals surface area contributed by atoms with Gasteiger partial charge in [-0.05, 0) is 23.0 Å². The summed E-state index contributed by atoms with van der Waals surface area (Å²) in [7, 11) is -2.40. The van der Waals surface area contributed by atoms with Crippen LogP contribution < -0.4 is 0 Å². The summed E-state index contributed by atoms with van der Waals surface area (Å²) in [5, 5.41) is 10.0. The van der Waals surface area contributed by atoms with Gasteiger partial charge in [0.25, 0.3) is 8.32 Å². The lowest BCUT2D eigenvalue weighted by Crippen LogP contribution is -2.51. The molecule has 0 aromatic carbocycles. The fourth-order valence-corrected chi connectivity index (χ4v) is 8.63. The van der Waals surface area contributed by atoms with Crippen LogP contribution in [0.25, 0.3) is 0 Å². The van der Waals surface area contributed by atoms with Crippen molar-refractivity contribution >= 4 is 20.3 Å². The van der Waals surface area contributed by atoms with Gasteiger partial charge in [-0.2, -0.15) is 0 Å². The van der Waals surface area contributed by atoms with Gasteiger partial charge in [-0.25, -0.2) is 0 Å². The molecule has 0 aromatic heterocycles. The zero-order valence-electron chi connectivity index (χ0n) is 16.4. The maximum absolute atomic E-state index is 12.3. The molecule has 6 heteroatoms. The average Bonchev–Trinajstić information content (AvgIpc) is 2.47. The molecule has 0 rings (SSSR count). The Morgan fingerprint density at radius 2 is 1.46 bits per heavy atom. The number of hydrogen-bond donors (Lipinski definition) is 1. The third kappa shape index (κ3) is 6.55. The van der Waals surface area contributed by atoms with E-state index in [2.05, 4.69) is 48.5 Å². The number of unbranched alkanes of at least 4 members (excludes halogenated alkanes) is 2. The molecule has 0 aromatic rings. The Labute approximate surface area is 148 Å². The quantitative estimate of drug-likeness (QED) is 0.340. The number of aliphatic hydroxyl groups is 1. The Bertz CT molecular complexity index is 371. The van der Waals surface area contributed by atoms with Gasteiger partial charge < -0.3 is 14.3 Å². The minimum atomic E-state index is -2.40. The molecule has 0 saturated heterocycles. The van der Waals surface area contributed by atoms with Crippen molar-refractivity contribution in [3.8, 4) is 0 Å². The van der Waals surface area contributed by atoms with Crippen LogP contribution in [0.1, 0.15) is 74.1 Å². The van der Waals surface area contributed by atoms with Crippen LogP contribution in [-0.2, 0) is 18.8 Å². The van der Waals surface area contributed by atoms with E-state index >= 15 is 0 Å². The summed E-state index contributed by atoms with van der Waals surface area (Å²) in [4.78, 5) is 24.0. The van der Waals surface area contributed by atoms with Gasteiger partial charge in [0.1, 0.15) is 0 Å². The first kappa shape index (κ1) is 23.1. The van der Waals surface area contributed by atoms with E-state index in [1.807, 2.05) is 0 Å². The molecule has 0 radical (unpaired) electrons. The molecule has 1 N–H and O–H groups in total. The van der Waals surface area contributed by atoms with E-state index in [-0.39, 0.29) is 23.0 Å². The van der Waals surface area contributed by atoms with Crippen molar-refractivity contribution in [1.29, 1.82) is 0 Å². The molecule has 0 bridgehead atoms. The third-order valence-corrected chi connectivity index (χ3v) is 10.6. The highest BCUT2D eigenvalue weighted by Gasteiger charge is 2.49. The zero-order chi connectivity index (χ0) is 18.9. The van der Waals surface area contributed by atoms with Crippen molar-refractivity contribution in [2.45, 2.75) is 96.9 Å². The van der Waals surface area contributed by atoms with E-state index in [0.29, 0.717) is 6.61 Å². The van der Waals surface area contributed by atoms with Crippen LogP contribution in [0, 0.1) is 0 Å². The minimum absolute atomic E-state index is 0.231. The molecule has 24 heavy (non-hydrogen) atoms. The summed E-state index contributed by atoms with van der Waals surface area (Å²) in [6.45, 7) is 14.8. The largest absolute Gasteiger partial charge is 0.516 e. The van der Waals surface area contributed by atoms with Crippen LogP contribution in [0.4, 0.5) is 0 Å². The topological polar surface area (TPSA) is 72.8 Å². The van der Waals surface area contributed by atoms with Crippen molar-refractivity contribution < 1.29 is 23.9 Å². The number of carbonyl (C=O) groups is 2. The van der Waals surface area contributed by atoms with E-state index in [1.165, 1.54) is 0 Å². The second kappa shape index (κ2) is 10.9. The van der Waals surface area contributed by atoms with Crippen LogP contribution in [0.5, 0.6) is 0 Å². The monoisotopic (exact) mass is 360 g/mol. The van der Waals surface area contributed by atoms with Crippen LogP contribution in [0.3, 0.4) is 0 Å². The normalized spacial score (nSPS) is 13.5. The molecule has 0 aliphatic rings. The van der Waals surface area contributed by atoms with Crippen LogP contribution in [0.15, 0.2) is 0 Å². The Morgan fingerprint density at radius 3 is 1.88 bits per heavy atom. The van der Waals surface area contributed by atoms with Gasteiger partial charge in [-0.1, -0.05) is 61.3 Å². The Balaban J connectivity index is 4.74. The van der Waals surface area contributed by atoms with Crippen LogP contribution in [0.2, 0.25) is 16.6 Å². The molecule has 0 fully saturated rings. The number of rotatable bonds is 11. The number of ether oxygens (including phenoxy) is 1. The summed E-state index contributed by atoms with van der Waals surface area (Å²) in [5.41, 5.74) is 0.693. The molecule has 0 amide bonds. The number of aliphatic hydroxyl groups excluding tert-OH is 1. The van der Waals surface area contributed by atoms with E-state index < -0.39 is 26.4 Å². The highest BCUT2D eigenvalue weighted by molar-refractivity contribution is 6.78. The SMILES string of the molecule is CCCCCOC(=O)CC(O)C(=O)O[Si](C(C)C)(C(C)C)C(C)C. The Morgan fingerprint density at radius 1 is 0.958 bits per heavy atom. The molecule has 0 saturated carbocycles. The van der Waals surface area contributed by atoms with Crippen molar-refractivity contribution in [3.63, 3.8) is 0 Å². The van der Waals surface area contributed by atoms with Crippen LogP contribution in [-0.4, -0.2) is 38.1 Å². The Kier molecular flexibility index (Phi) is 10.5. The smallest absolute Gasteiger partial charge is 0.322 e. The van der Waals surface area contributed by atoms with Gasteiger partial charge in [0.05, 0.1) is 13.0 Å². The first-order chi connectivity index (χ1) is 11.1. The molecule has 5 nitrogen and oxygen atoms in total. The van der Waals surface area contributed by atoms with E-state index in [4.69, 9.17) is 9.16 Å².